The van der Waals surface area contributed by atoms with Crippen LogP contribution in [0.1, 0.15) is 12.0 Å². The maximum Gasteiger partial charge on any atom is 0.307 e. The molecule has 0 saturated heterocycles. The minimum absolute atomic E-state index is 0.0386. The van der Waals surface area contributed by atoms with E-state index in [0.717, 1.165) is 11.3 Å². The summed E-state index contributed by atoms with van der Waals surface area (Å²) in [7, 11) is 0. The average molecular weight is 192 g/mol. The van der Waals surface area contributed by atoms with E-state index in [1.54, 1.807) is 12.2 Å². The summed E-state index contributed by atoms with van der Waals surface area (Å²) in [6, 6.07) is 7.35. The molecule has 0 fully saturated rings. The standard InChI is InChI=1S/C10H12N2O2/c11-12-9-6-4-8(5-7-9)2-1-3-10(13)14/h1-2,4-7,12H,3,11H2,(H,13,14). The number of anilines is 1. The normalized spacial score (nSPS) is 10.4. The van der Waals surface area contributed by atoms with Gasteiger partial charge in [0.1, 0.15) is 0 Å². The predicted octanol–water partition coefficient (Wildman–Crippen LogP) is 1.46. The number of hydrazine groups is 1. The predicted molar refractivity (Wildman–Crippen MR) is 55.5 cm³/mol. The quantitative estimate of drug-likeness (QED) is 0.498. The van der Waals surface area contributed by atoms with Gasteiger partial charge in [-0.2, -0.15) is 0 Å². The van der Waals surface area contributed by atoms with E-state index < -0.39 is 5.97 Å². The van der Waals surface area contributed by atoms with Crippen molar-refractivity contribution in [2.45, 2.75) is 6.42 Å². The van der Waals surface area contributed by atoms with Crippen molar-refractivity contribution in [2.24, 2.45) is 5.84 Å². The first-order valence-electron chi connectivity index (χ1n) is 4.17. The lowest BCUT2D eigenvalue weighted by molar-refractivity contribution is -0.135. The summed E-state index contributed by atoms with van der Waals surface area (Å²) >= 11 is 0. The van der Waals surface area contributed by atoms with Gasteiger partial charge < -0.3 is 10.5 Å². The molecule has 1 rings (SSSR count). The van der Waals surface area contributed by atoms with E-state index >= 15 is 0 Å². The Hall–Kier alpha value is -1.81. The number of nitrogens with one attached hydrogen (secondary N) is 1. The molecular formula is C10H12N2O2. The molecule has 0 spiro atoms. The van der Waals surface area contributed by atoms with Crippen molar-refractivity contribution < 1.29 is 9.90 Å². The summed E-state index contributed by atoms with van der Waals surface area (Å²) in [4.78, 5) is 10.2. The summed E-state index contributed by atoms with van der Waals surface area (Å²) in [6.07, 6.45) is 3.40. The number of carboxylic acids is 1. The molecule has 0 bridgehead atoms. The Labute approximate surface area is 82.0 Å². The summed E-state index contributed by atoms with van der Waals surface area (Å²) in [5.41, 5.74) is 4.28. The number of aliphatic carboxylic acids is 1. The van der Waals surface area contributed by atoms with E-state index in [-0.39, 0.29) is 6.42 Å². The van der Waals surface area contributed by atoms with E-state index in [4.69, 9.17) is 10.9 Å². The van der Waals surface area contributed by atoms with Crippen molar-refractivity contribution in [1.82, 2.24) is 0 Å². The Morgan fingerprint density at radius 3 is 2.57 bits per heavy atom. The third kappa shape index (κ3) is 3.28. The SMILES string of the molecule is NNc1ccc(C=CCC(=O)O)cc1. The van der Waals surface area contributed by atoms with Crippen molar-refractivity contribution in [3.05, 3.63) is 35.9 Å². The number of hydrogen-bond donors (Lipinski definition) is 3. The Balaban J connectivity index is 2.59. The topological polar surface area (TPSA) is 75.3 Å². The van der Waals surface area contributed by atoms with Crippen molar-refractivity contribution in [2.75, 3.05) is 5.43 Å². The Kier molecular flexibility index (Phi) is 3.69. The molecule has 0 aliphatic carbocycles. The Morgan fingerprint density at radius 1 is 1.43 bits per heavy atom. The van der Waals surface area contributed by atoms with Crippen LogP contribution in [0, 0.1) is 0 Å². The zero-order valence-corrected chi connectivity index (χ0v) is 7.60. The molecule has 74 valence electrons. The van der Waals surface area contributed by atoms with Crippen molar-refractivity contribution >= 4 is 17.7 Å². The Morgan fingerprint density at radius 2 is 2.07 bits per heavy atom. The molecule has 0 unspecified atom stereocenters. The summed E-state index contributed by atoms with van der Waals surface area (Å²) in [6.45, 7) is 0. The molecule has 14 heavy (non-hydrogen) atoms. The van der Waals surface area contributed by atoms with Gasteiger partial charge in [-0.1, -0.05) is 24.3 Å². The highest BCUT2D eigenvalue weighted by molar-refractivity contribution is 5.70. The molecule has 4 nitrogen and oxygen atoms in total. The fraction of sp³-hybridized carbons (Fsp3) is 0.100. The number of benzene rings is 1. The number of nitrogen functional groups attached to an aromatic ring is 1. The first-order chi connectivity index (χ1) is 6.72. The largest absolute Gasteiger partial charge is 0.481 e. The van der Waals surface area contributed by atoms with Crippen LogP contribution in [-0.2, 0) is 4.79 Å². The average Bonchev–Trinajstić information content (AvgIpc) is 2.18. The van der Waals surface area contributed by atoms with E-state index in [0.29, 0.717) is 0 Å². The summed E-state index contributed by atoms with van der Waals surface area (Å²) in [5.74, 6) is 4.36. The van der Waals surface area contributed by atoms with Gasteiger partial charge in [0.25, 0.3) is 0 Å². The molecule has 0 radical (unpaired) electrons. The zero-order valence-electron chi connectivity index (χ0n) is 7.60. The van der Waals surface area contributed by atoms with E-state index in [2.05, 4.69) is 5.43 Å². The molecule has 1 aromatic rings. The molecular weight excluding hydrogens is 180 g/mol. The van der Waals surface area contributed by atoms with Gasteiger partial charge in [-0.15, -0.1) is 0 Å². The van der Waals surface area contributed by atoms with Crippen LogP contribution in [-0.4, -0.2) is 11.1 Å². The van der Waals surface area contributed by atoms with Crippen LogP contribution < -0.4 is 11.3 Å². The lowest BCUT2D eigenvalue weighted by Crippen LogP contribution is -2.05. The second kappa shape index (κ2) is 5.04. The van der Waals surface area contributed by atoms with E-state index in [1.807, 2.05) is 24.3 Å². The fourth-order valence-corrected chi connectivity index (χ4v) is 0.986. The van der Waals surface area contributed by atoms with Crippen LogP contribution in [0.2, 0.25) is 0 Å². The molecule has 0 aliphatic rings. The molecule has 4 heteroatoms. The number of carbonyl (C=O) groups is 1. The zero-order chi connectivity index (χ0) is 10.4. The number of nitrogens with two attached hydrogens (primary N) is 1. The minimum Gasteiger partial charge on any atom is -0.481 e. The third-order valence-electron chi connectivity index (χ3n) is 1.68. The van der Waals surface area contributed by atoms with Crippen LogP contribution in [0.4, 0.5) is 5.69 Å². The highest BCUT2D eigenvalue weighted by Crippen LogP contribution is 2.09. The summed E-state index contributed by atoms with van der Waals surface area (Å²) < 4.78 is 0. The highest BCUT2D eigenvalue weighted by Gasteiger charge is 1.91. The second-order valence-corrected chi connectivity index (χ2v) is 2.77. The molecule has 0 heterocycles. The lowest BCUT2D eigenvalue weighted by atomic mass is 10.2. The third-order valence-corrected chi connectivity index (χ3v) is 1.68. The molecule has 1 aromatic carbocycles. The van der Waals surface area contributed by atoms with Gasteiger partial charge in [-0.05, 0) is 17.7 Å². The minimum atomic E-state index is -0.832. The lowest BCUT2D eigenvalue weighted by Gasteiger charge is -1.98. The molecule has 0 aromatic heterocycles. The first kappa shape index (κ1) is 10.3. The van der Waals surface area contributed by atoms with Crippen molar-refractivity contribution in [3.63, 3.8) is 0 Å². The van der Waals surface area contributed by atoms with E-state index in [1.165, 1.54) is 0 Å². The fourth-order valence-electron chi connectivity index (χ4n) is 0.986. The smallest absolute Gasteiger partial charge is 0.307 e. The number of hydrogen-bond acceptors (Lipinski definition) is 3. The van der Waals surface area contributed by atoms with Crippen LogP contribution in [0.25, 0.3) is 6.08 Å². The van der Waals surface area contributed by atoms with Crippen LogP contribution in [0.15, 0.2) is 30.3 Å². The van der Waals surface area contributed by atoms with Gasteiger partial charge >= 0.3 is 5.97 Å². The second-order valence-electron chi connectivity index (χ2n) is 2.77. The monoisotopic (exact) mass is 192 g/mol. The molecule has 0 saturated carbocycles. The highest BCUT2D eigenvalue weighted by atomic mass is 16.4. The molecule has 0 atom stereocenters. The Bertz CT molecular complexity index is 330. The maximum atomic E-state index is 10.2. The van der Waals surface area contributed by atoms with Gasteiger partial charge in [0.2, 0.25) is 0 Å². The first-order valence-corrected chi connectivity index (χ1v) is 4.17. The van der Waals surface area contributed by atoms with Gasteiger partial charge in [0.05, 0.1) is 6.42 Å². The van der Waals surface area contributed by atoms with Crippen LogP contribution >= 0.6 is 0 Å². The van der Waals surface area contributed by atoms with Crippen LogP contribution in [0.5, 0.6) is 0 Å². The molecule has 4 N–H and O–H groups in total. The van der Waals surface area contributed by atoms with Crippen molar-refractivity contribution in [1.29, 1.82) is 0 Å². The van der Waals surface area contributed by atoms with Crippen LogP contribution in [0.3, 0.4) is 0 Å². The number of rotatable bonds is 4. The van der Waals surface area contributed by atoms with Gasteiger partial charge in [-0.25, -0.2) is 0 Å². The summed E-state index contributed by atoms with van der Waals surface area (Å²) in [5, 5.41) is 8.40. The van der Waals surface area contributed by atoms with Crippen molar-refractivity contribution in [3.8, 4) is 0 Å². The van der Waals surface area contributed by atoms with Gasteiger partial charge in [0.15, 0.2) is 0 Å². The molecule has 0 aliphatic heterocycles. The van der Waals surface area contributed by atoms with Gasteiger partial charge in [0, 0.05) is 5.69 Å². The van der Waals surface area contributed by atoms with E-state index in [9.17, 15) is 4.79 Å². The maximum absolute atomic E-state index is 10.2. The number of carboxylic acid groups (broad SMARTS) is 1. The van der Waals surface area contributed by atoms with Gasteiger partial charge in [-0.3, -0.25) is 10.6 Å². The molecule has 0 amide bonds.